The third kappa shape index (κ3) is 4.84. The van der Waals surface area contributed by atoms with Crippen molar-refractivity contribution in [2.75, 3.05) is 19.6 Å². The molecule has 1 saturated heterocycles. The van der Waals surface area contributed by atoms with Gasteiger partial charge in [0.2, 0.25) is 11.8 Å². The van der Waals surface area contributed by atoms with Gasteiger partial charge in [0.15, 0.2) is 0 Å². The van der Waals surface area contributed by atoms with Gasteiger partial charge in [0.25, 0.3) is 0 Å². The van der Waals surface area contributed by atoms with Gasteiger partial charge in [-0.1, -0.05) is 0 Å². The van der Waals surface area contributed by atoms with Crippen molar-refractivity contribution in [3.63, 3.8) is 0 Å². The molecule has 6 heteroatoms. The van der Waals surface area contributed by atoms with E-state index in [0.717, 1.165) is 6.42 Å². The van der Waals surface area contributed by atoms with Crippen LogP contribution >= 0.6 is 0 Å². The van der Waals surface area contributed by atoms with Crippen LogP contribution in [-0.4, -0.2) is 47.4 Å². The molecule has 0 radical (unpaired) electrons. The van der Waals surface area contributed by atoms with E-state index < -0.39 is 5.97 Å². The van der Waals surface area contributed by atoms with Crippen LogP contribution in [0.5, 0.6) is 0 Å². The first-order valence-electron chi connectivity index (χ1n) is 5.73. The quantitative estimate of drug-likeness (QED) is 0.701. The average molecular weight is 242 g/mol. The molecule has 17 heavy (non-hydrogen) atoms. The van der Waals surface area contributed by atoms with Crippen LogP contribution in [0.2, 0.25) is 0 Å². The fraction of sp³-hybridized carbons (Fsp3) is 0.727. The van der Waals surface area contributed by atoms with Crippen LogP contribution in [0.25, 0.3) is 0 Å². The molecule has 1 aliphatic rings. The number of aliphatic carboxylic acids is 1. The molecule has 1 unspecified atom stereocenters. The highest BCUT2D eigenvalue weighted by atomic mass is 16.4. The van der Waals surface area contributed by atoms with E-state index in [1.807, 2.05) is 0 Å². The Morgan fingerprint density at radius 1 is 1.41 bits per heavy atom. The van der Waals surface area contributed by atoms with Crippen molar-refractivity contribution in [2.45, 2.75) is 26.2 Å². The minimum Gasteiger partial charge on any atom is -0.481 e. The van der Waals surface area contributed by atoms with Crippen LogP contribution in [-0.2, 0) is 14.4 Å². The predicted molar refractivity (Wildman–Crippen MR) is 60.2 cm³/mol. The first kappa shape index (κ1) is 13.5. The molecule has 0 aromatic carbocycles. The molecule has 0 aromatic rings. The highest BCUT2D eigenvalue weighted by Gasteiger charge is 2.26. The number of nitrogens with zero attached hydrogens (tertiary/aromatic N) is 1. The van der Waals surface area contributed by atoms with Gasteiger partial charge in [-0.05, 0) is 18.8 Å². The molecule has 1 aliphatic heterocycles. The standard InChI is InChI=1S/C11H18N2O4/c1-8(14)12-6-10(15)13-5-4-9(7-13)2-3-11(16)17/h9H,2-7H2,1H3,(H,12,14)(H,16,17). The number of hydrogen-bond donors (Lipinski definition) is 2. The number of amides is 2. The number of nitrogens with one attached hydrogen (secondary N) is 1. The number of carbonyl (C=O) groups is 3. The Hall–Kier alpha value is -1.59. The summed E-state index contributed by atoms with van der Waals surface area (Å²) in [6.07, 6.45) is 1.61. The average Bonchev–Trinajstić information content (AvgIpc) is 2.71. The molecule has 1 fully saturated rings. The number of carbonyl (C=O) groups excluding carboxylic acids is 2. The SMILES string of the molecule is CC(=O)NCC(=O)N1CCC(CCC(=O)O)C1. The van der Waals surface area contributed by atoms with Gasteiger partial charge in [-0.25, -0.2) is 0 Å². The summed E-state index contributed by atoms with van der Waals surface area (Å²) in [5.74, 6) is -0.849. The topological polar surface area (TPSA) is 86.7 Å². The van der Waals surface area contributed by atoms with Crippen LogP contribution < -0.4 is 5.32 Å². The Morgan fingerprint density at radius 2 is 2.12 bits per heavy atom. The molecule has 6 nitrogen and oxygen atoms in total. The Balaban J connectivity index is 2.26. The largest absolute Gasteiger partial charge is 0.481 e. The summed E-state index contributed by atoms with van der Waals surface area (Å²) in [5, 5.41) is 11.0. The molecular weight excluding hydrogens is 224 g/mol. The lowest BCUT2D eigenvalue weighted by Crippen LogP contribution is -2.38. The van der Waals surface area contributed by atoms with E-state index in [4.69, 9.17) is 5.11 Å². The highest BCUT2D eigenvalue weighted by Crippen LogP contribution is 2.20. The van der Waals surface area contributed by atoms with Crippen molar-refractivity contribution in [3.8, 4) is 0 Å². The lowest BCUT2D eigenvalue weighted by atomic mass is 10.0. The van der Waals surface area contributed by atoms with Crippen molar-refractivity contribution in [1.29, 1.82) is 0 Å². The van der Waals surface area contributed by atoms with Crippen molar-refractivity contribution in [3.05, 3.63) is 0 Å². The van der Waals surface area contributed by atoms with Gasteiger partial charge in [0, 0.05) is 26.4 Å². The maximum Gasteiger partial charge on any atom is 0.303 e. The molecule has 96 valence electrons. The Morgan fingerprint density at radius 3 is 2.71 bits per heavy atom. The molecule has 1 atom stereocenters. The van der Waals surface area contributed by atoms with Crippen LogP contribution in [0.1, 0.15) is 26.2 Å². The molecule has 2 amide bonds. The summed E-state index contributed by atoms with van der Waals surface area (Å²) in [5.41, 5.74) is 0. The highest BCUT2D eigenvalue weighted by molar-refractivity contribution is 5.83. The molecule has 1 rings (SSSR count). The van der Waals surface area contributed by atoms with Gasteiger partial charge in [0.1, 0.15) is 0 Å². The van der Waals surface area contributed by atoms with E-state index in [0.29, 0.717) is 19.5 Å². The summed E-state index contributed by atoms with van der Waals surface area (Å²) in [6, 6.07) is 0. The second-order valence-corrected chi connectivity index (χ2v) is 4.34. The summed E-state index contributed by atoms with van der Waals surface area (Å²) in [7, 11) is 0. The smallest absolute Gasteiger partial charge is 0.303 e. The van der Waals surface area contributed by atoms with E-state index >= 15 is 0 Å². The van der Waals surface area contributed by atoms with Crippen LogP contribution in [0.3, 0.4) is 0 Å². The molecule has 0 aliphatic carbocycles. The van der Waals surface area contributed by atoms with Gasteiger partial charge in [-0.3, -0.25) is 14.4 Å². The number of carboxylic acids is 1. The molecule has 0 bridgehead atoms. The molecule has 0 aromatic heterocycles. The van der Waals surface area contributed by atoms with Crippen LogP contribution in [0.15, 0.2) is 0 Å². The monoisotopic (exact) mass is 242 g/mol. The zero-order valence-electron chi connectivity index (χ0n) is 9.94. The minimum absolute atomic E-state index is 0.0288. The van der Waals surface area contributed by atoms with E-state index in [1.54, 1.807) is 4.90 Å². The Bertz CT molecular complexity index is 317. The van der Waals surface area contributed by atoms with Crippen molar-refractivity contribution < 1.29 is 19.5 Å². The van der Waals surface area contributed by atoms with E-state index in [2.05, 4.69) is 5.32 Å². The Labute approximate surface area is 100.0 Å². The summed E-state index contributed by atoms with van der Waals surface area (Å²) in [4.78, 5) is 34.4. The molecule has 0 spiro atoms. The van der Waals surface area contributed by atoms with Crippen LogP contribution in [0, 0.1) is 5.92 Å². The first-order chi connectivity index (χ1) is 7.99. The summed E-state index contributed by atoms with van der Waals surface area (Å²) < 4.78 is 0. The van der Waals surface area contributed by atoms with Crippen molar-refractivity contribution in [1.82, 2.24) is 10.2 Å². The minimum atomic E-state index is -0.798. The number of rotatable bonds is 5. The van der Waals surface area contributed by atoms with Crippen LogP contribution in [0.4, 0.5) is 0 Å². The summed E-state index contributed by atoms with van der Waals surface area (Å²) in [6.45, 7) is 2.66. The molecular formula is C11H18N2O4. The van der Waals surface area contributed by atoms with Gasteiger partial charge in [-0.2, -0.15) is 0 Å². The number of likely N-dealkylation sites (tertiary alicyclic amines) is 1. The maximum absolute atomic E-state index is 11.6. The molecule has 0 saturated carbocycles. The first-order valence-corrected chi connectivity index (χ1v) is 5.73. The van der Waals surface area contributed by atoms with Gasteiger partial charge in [-0.15, -0.1) is 0 Å². The van der Waals surface area contributed by atoms with Gasteiger partial charge >= 0.3 is 5.97 Å². The van der Waals surface area contributed by atoms with E-state index in [9.17, 15) is 14.4 Å². The number of hydrogen-bond acceptors (Lipinski definition) is 3. The lowest BCUT2D eigenvalue weighted by molar-refractivity contribution is -0.137. The fourth-order valence-corrected chi connectivity index (χ4v) is 1.93. The van der Waals surface area contributed by atoms with Gasteiger partial charge < -0.3 is 15.3 Å². The van der Waals surface area contributed by atoms with E-state index in [1.165, 1.54) is 6.92 Å². The maximum atomic E-state index is 11.6. The zero-order chi connectivity index (χ0) is 12.8. The lowest BCUT2D eigenvalue weighted by Gasteiger charge is -2.16. The van der Waals surface area contributed by atoms with Gasteiger partial charge in [0.05, 0.1) is 6.54 Å². The van der Waals surface area contributed by atoms with E-state index in [-0.39, 0.29) is 30.7 Å². The van der Waals surface area contributed by atoms with Crippen molar-refractivity contribution >= 4 is 17.8 Å². The third-order valence-corrected chi connectivity index (χ3v) is 2.89. The third-order valence-electron chi connectivity index (χ3n) is 2.89. The zero-order valence-corrected chi connectivity index (χ0v) is 9.94. The second kappa shape index (κ2) is 6.22. The second-order valence-electron chi connectivity index (χ2n) is 4.34. The predicted octanol–water partition coefficient (Wildman–Crippen LogP) is -0.164. The number of carboxylic acid groups (broad SMARTS) is 1. The molecule has 1 heterocycles. The Kier molecular flexibility index (Phi) is 4.93. The normalized spacial score (nSPS) is 19.1. The summed E-state index contributed by atoms with van der Waals surface area (Å²) >= 11 is 0. The fourth-order valence-electron chi connectivity index (χ4n) is 1.93. The molecule has 2 N–H and O–H groups in total. The van der Waals surface area contributed by atoms with Crippen molar-refractivity contribution in [2.24, 2.45) is 5.92 Å².